The number of H-pyrrole nitrogens is 1. The lowest BCUT2D eigenvalue weighted by atomic mass is 10.1. The Morgan fingerprint density at radius 1 is 1.29 bits per heavy atom. The van der Waals surface area contributed by atoms with Crippen LogP contribution in [0.15, 0.2) is 24.4 Å². The zero-order chi connectivity index (χ0) is 15.8. The van der Waals surface area contributed by atoms with E-state index in [1.807, 2.05) is 20.0 Å². The molecule has 0 amide bonds. The highest BCUT2D eigenvalue weighted by Gasteiger charge is 2.17. The average molecular weight is 349 g/mol. The van der Waals surface area contributed by atoms with Crippen LogP contribution in [-0.2, 0) is 4.74 Å². The molecule has 0 spiro atoms. The lowest BCUT2D eigenvalue weighted by Crippen LogP contribution is -2.33. The summed E-state index contributed by atoms with van der Waals surface area (Å²) in [6.45, 7) is 6.43. The largest absolute Gasteiger partial charge is 0.461 e. The third-order valence-corrected chi connectivity index (χ3v) is 3.99. The molecule has 4 rings (SSSR count). The molecule has 0 saturated carbocycles. The van der Waals surface area contributed by atoms with Crippen LogP contribution in [0.4, 0.5) is 0 Å². The standard InChI is InChI=1S/C17H20N4O2.ClH/c1-10(2)23-17-19-8-13-12-7-11(15-9-18-5-6-22-15)3-4-14(12)20-16(13)21-17;/h3-4,7-8,10,15,18H,5-6,9H2,1-2H3,(H,19,20,21);1H/t15-;/m1./s1. The quantitative estimate of drug-likeness (QED) is 0.761. The van der Waals surface area contributed by atoms with Gasteiger partial charge >= 0.3 is 6.01 Å². The molecule has 7 heteroatoms. The van der Waals surface area contributed by atoms with Gasteiger partial charge in [0, 0.05) is 35.6 Å². The molecule has 0 bridgehead atoms. The van der Waals surface area contributed by atoms with E-state index in [2.05, 4.69) is 38.5 Å². The van der Waals surface area contributed by atoms with Crippen LogP contribution in [0.3, 0.4) is 0 Å². The van der Waals surface area contributed by atoms with Crippen molar-refractivity contribution in [2.75, 3.05) is 19.7 Å². The monoisotopic (exact) mass is 348 g/mol. The zero-order valence-electron chi connectivity index (χ0n) is 13.7. The summed E-state index contributed by atoms with van der Waals surface area (Å²) >= 11 is 0. The van der Waals surface area contributed by atoms with Gasteiger partial charge in [-0.05, 0) is 31.5 Å². The molecule has 128 valence electrons. The highest BCUT2D eigenvalue weighted by molar-refractivity contribution is 6.05. The first kappa shape index (κ1) is 17.0. The van der Waals surface area contributed by atoms with Gasteiger partial charge in [-0.3, -0.25) is 0 Å². The maximum absolute atomic E-state index is 5.84. The first-order chi connectivity index (χ1) is 11.2. The van der Waals surface area contributed by atoms with Crippen LogP contribution in [0.5, 0.6) is 6.01 Å². The third-order valence-electron chi connectivity index (χ3n) is 3.99. The number of aromatic nitrogens is 3. The lowest BCUT2D eigenvalue weighted by Gasteiger charge is -2.24. The highest BCUT2D eigenvalue weighted by atomic mass is 35.5. The molecule has 1 saturated heterocycles. The summed E-state index contributed by atoms with van der Waals surface area (Å²) in [6, 6.07) is 6.75. The van der Waals surface area contributed by atoms with E-state index >= 15 is 0 Å². The Balaban J connectivity index is 0.00000169. The molecule has 1 atom stereocenters. The maximum Gasteiger partial charge on any atom is 0.318 e. The van der Waals surface area contributed by atoms with Gasteiger partial charge in [-0.1, -0.05) is 6.07 Å². The first-order valence-corrected chi connectivity index (χ1v) is 7.98. The fourth-order valence-corrected chi connectivity index (χ4v) is 2.93. The minimum atomic E-state index is 0. The van der Waals surface area contributed by atoms with E-state index < -0.39 is 0 Å². The van der Waals surface area contributed by atoms with Gasteiger partial charge in [-0.2, -0.15) is 4.98 Å². The fraction of sp³-hybridized carbons (Fsp3) is 0.412. The number of fused-ring (bicyclic) bond motifs is 3. The van der Waals surface area contributed by atoms with E-state index in [0.29, 0.717) is 6.01 Å². The second-order valence-corrected chi connectivity index (χ2v) is 6.08. The lowest BCUT2D eigenvalue weighted by molar-refractivity contribution is 0.0278. The van der Waals surface area contributed by atoms with Gasteiger partial charge in [0.1, 0.15) is 5.65 Å². The summed E-state index contributed by atoms with van der Waals surface area (Å²) < 4.78 is 11.4. The predicted octanol–water partition coefficient (Wildman–Crippen LogP) is 2.98. The first-order valence-electron chi connectivity index (χ1n) is 7.98. The molecular formula is C17H21ClN4O2. The Kier molecular flexibility index (Phi) is 4.89. The van der Waals surface area contributed by atoms with E-state index in [0.717, 1.165) is 41.6 Å². The van der Waals surface area contributed by atoms with Crippen molar-refractivity contribution in [3.05, 3.63) is 30.0 Å². The fourth-order valence-electron chi connectivity index (χ4n) is 2.93. The second kappa shape index (κ2) is 6.93. The van der Waals surface area contributed by atoms with Crippen LogP contribution in [0, 0.1) is 0 Å². The van der Waals surface area contributed by atoms with Gasteiger partial charge in [-0.15, -0.1) is 12.4 Å². The van der Waals surface area contributed by atoms with Crippen LogP contribution in [0.2, 0.25) is 0 Å². The number of rotatable bonds is 3. The molecule has 0 aliphatic carbocycles. The molecule has 1 aliphatic heterocycles. The minimum Gasteiger partial charge on any atom is -0.461 e. The van der Waals surface area contributed by atoms with Crippen molar-refractivity contribution in [3.8, 4) is 6.01 Å². The molecule has 1 fully saturated rings. The Morgan fingerprint density at radius 2 is 2.17 bits per heavy atom. The Morgan fingerprint density at radius 3 is 2.92 bits per heavy atom. The smallest absolute Gasteiger partial charge is 0.318 e. The normalized spacial score (nSPS) is 18.0. The van der Waals surface area contributed by atoms with Crippen LogP contribution in [0.1, 0.15) is 25.5 Å². The summed E-state index contributed by atoms with van der Waals surface area (Å²) in [5, 5.41) is 5.48. The number of aromatic amines is 1. The molecule has 24 heavy (non-hydrogen) atoms. The molecular weight excluding hydrogens is 328 g/mol. The summed E-state index contributed by atoms with van der Waals surface area (Å²) in [6.07, 6.45) is 1.98. The summed E-state index contributed by atoms with van der Waals surface area (Å²) in [4.78, 5) is 12.1. The van der Waals surface area contributed by atoms with Crippen LogP contribution >= 0.6 is 12.4 Å². The number of hydrogen-bond acceptors (Lipinski definition) is 5. The zero-order valence-corrected chi connectivity index (χ0v) is 14.5. The minimum absolute atomic E-state index is 0. The van der Waals surface area contributed by atoms with Crippen molar-refractivity contribution in [2.45, 2.75) is 26.1 Å². The number of ether oxygens (including phenoxy) is 2. The number of hydrogen-bond donors (Lipinski definition) is 2. The topological polar surface area (TPSA) is 72.1 Å². The van der Waals surface area contributed by atoms with Crippen molar-refractivity contribution in [1.82, 2.24) is 20.3 Å². The summed E-state index contributed by atoms with van der Waals surface area (Å²) in [5.74, 6) is 0. The van der Waals surface area contributed by atoms with Crippen molar-refractivity contribution < 1.29 is 9.47 Å². The van der Waals surface area contributed by atoms with Gasteiger partial charge in [0.25, 0.3) is 0 Å². The van der Waals surface area contributed by atoms with Gasteiger partial charge in [0.2, 0.25) is 0 Å². The molecule has 1 aromatic carbocycles. The van der Waals surface area contributed by atoms with Crippen LogP contribution in [-0.4, -0.2) is 40.8 Å². The number of nitrogens with one attached hydrogen (secondary N) is 2. The van der Waals surface area contributed by atoms with Crippen LogP contribution in [0.25, 0.3) is 21.9 Å². The second-order valence-electron chi connectivity index (χ2n) is 6.08. The molecule has 2 N–H and O–H groups in total. The Hall–Kier alpha value is -1.89. The molecule has 0 radical (unpaired) electrons. The van der Waals surface area contributed by atoms with E-state index in [9.17, 15) is 0 Å². The van der Waals surface area contributed by atoms with Crippen molar-refractivity contribution in [1.29, 1.82) is 0 Å². The number of nitrogens with zero attached hydrogens (tertiary/aromatic N) is 2. The summed E-state index contributed by atoms with van der Waals surface area (Å²) in [7, 11) is 0. The van der Waals surface area contributed by atoms with E-state index in [1.165, 1.54) is 5.56 Å². The number of halogens is 1. The molecule has 0 unspecified atom stereocenters. The Bertz CT molecular complexity index is 843. The number of benzene rings is 1. The van der Waals surface area contributed by atoms with Gasteiger partial charge < -0.3 is 19.8 Å². The van der Waals surface area contributed by atoms with Gasteiger partial charge in [-0.25, -0.2) is 4.98 Å². The number of morpholine rings is 1. The van der Waals surface area contributed by atoms with Crippen molar-refractivity contribution in [3.63, 3.8) is 0 Å². The van der Waals surface area contributed by atoms with Gasteiger partial charge in [0.15, 0.2) is 0 Å². The van der Waals surface area contributed by atoms with Crippen LogP contribution < -0.4 is 10.1 Å². The average Bonchev–Trinajstić information content (AvgIpc) is 2.92. The SMILES string of the molecule is CC(C)Oc1ncc2c(n1)[nH]c1ccc([C@H]3CNCCO3)cc12.Cl. The maximum atomic E-state index is 5.84. The van der Waals surface area contributed by atoms with E-state index in [4.69, 9.17) is 9.47 Å². The molecule has 6 nitrogen and oxygen atoms in total. The van der Waals surface area contributed by atoms with Crippen molar-refractivity contribution in [2.24, 2.45) is 0 Å². The van der Waals surface area contributed by atoms with E-state index in [-0.39, 0.29) is 24.6 Å². The molecule has 2 aromatic heterocycles. The molecule has 3 heterocycles. The molecule has 1 aliphatic rings. The summed E-state index contributed by atoms with van der Waals surface area (Å²) in [5.41, 5.74) is 3.02. The van der Waals surface area contributed by atoms with Crippen molar-refractivity contribution >= 4 is 34.3 Å². The predicted molar refractivity (Wildman–Crippen MR) is 96.0 cm³/mol. The Labute approximate surface area is 146 Å². The third kappa shape index (κ3) is 3.17. The highest BCUT2D eigenvalue weighted by Crippen LogP contribution is 2.29. The molecule has 3 aromatic rings. The van der Waals surface area contributed by atoms with E-state index in [1.54, 1.807) is 0 Å². The van der Waals surface area contributed by atoms with Gasteiger partial charge in [0.05, 0.1) is 18.8 Å².